The van der Waals surface area contributed by atoms with E-state index in [0.717, 1.165) is 0 Å². The average molecular weight is 468 g/mol. The summed E-state index contributed by atoms with van der Waals surface area (Å²) in [4.78, 5) is 38.4. The average Bonchev–Trinajstić information content (AvgIpc) is 2.77. The highest BCUT2D eigenvalue weighted by Crippen LogP contribution is 2.32. The highest BCUT2D eigenvalue weighted by atomic mass is 35.5. The molecule has 4 rings (SSSR count). The van der Waals surface area contributed by atoms with Gasteiger partial charge in [0.15, 0.2) is 21.4 Å². The quantitative estimate of drug-likeness (QED) is 0.455. The van der Waals surface area contributed by atoms with E-state index in [1.807, 2.05) is 0 Å². The van der Waals surface area contributed by atoms with Crippen LogP contribution in [0.25, 0.3) is 0 Å². The molecule has 162 valence electrons. The fourth-order valence-electron chi connectivity index (χ4n) is 3.64. The van der Waals surface area contributed by atoms with Gasteiger partial charge < -0.3 is 5.32 Å². The van der Waals surface area contributed by atoms with Crippen molar-refractivity contribution in [3.8, 4) is 0 Å². The number of anilines is 1. The third-order valence-corrected chi connectivity index (χ3v) is 7.28. The minimum absolute atomic E-state index is 0.0603. The summed E-state index contributed by atoms with van der Waals surface area (Å²) in [6.07, 6.45) is 0.0384. The van der Waals surface area contributed by atoms with E-state index in [9.17, 15) is 22.8 Å². The summed E-state index contributed by atoms with van der Waals surface area (Å²) in [6.45, 7) is 0. The molecule has 0 spiro atoms. The summed E-state index contributed by atoms with van der Waals surface area (Å²) in [5.74, 6) is -1.26. The summed E-state index contributed by atoms with van der Waals surface area (Å²) in [7, 11) is -3.55. The van der Waals surface area contributed by atoms with Crippen LogP contribution in [0.4, 0.5) is 5.69 Å². The van der Waals surface area contributed by atoms with Crippen LogP contribution in [0.2, 0.25) is 5.02 Å². The third kappa shape index (κ3) is 4.22. The first kappa shape index (κ1) is 21.9. The molecule has 6 nitrogen and oxygen atoms in total. The van der Waals surface area contributed by atoms with E-state index < -0.39 is 15.7 Å². The van der Waals surface area contributed by atoms with Gasteiger partial charge in [-0.3, -0.25) is 14.4 Å². The summed E-state index contributed by atoms with van der Waals surface area (Å²) >= 11 is 5.79. The number of halogens is 1. The lowest BCUT2D eigenvalue weighted by Gasteiger charge is -2.20. The molecule has 0 bridgehead atoms. The molecule has 1 aliphatic rings. The summed E-state index contributed by atoms with van der Waals surface area (Å²) in [5.41, 5.74) is 1.25. The number of ketones is 2. The van der Waals surface area contributed by atoms with Gasteiger partial charge in [-0.2, -0.15) is 0 Å². The van der Waals surface area contributed by atoms with Crippen molar-refractivity contribution in [2.24, 2.45) is 0 Å². The van der Waals surface area contributed by atoms with Gasteiger partial charge in [0.1, 0.15) is 0 Å². The van der Waals surface area contributed by atoms with Gasteiger partial charge in [0, 0.05) is 28.1 Å². The molecule has 0 heterocycles. The van der Waals surface area contributed by atoms with Crippen molar-refractivity contribution in [2.45, 2.75) is 17.7 Å². The van der Waals surface area contributed by atoms with Crippen LogP contribution in [0.5, 0.6) is 0 Å². The number of carbonyl (C=O) groups is 3. The summed E-state index contributed by atoms with van der Waals surface area (Å²) < 4.78 is 24.8. The molecule has 0 radical (unpaired) electrons. The number of hydrogen-bond donors (Lipinski definition) is 1. The minimum atomic E-state index is -3.55. The van der Waals surface area contributed by atoms with Crippen molar-refractivity contribution in [3.63, 3.8) is 0 Å². The van der Waals surface area contributed by atoms with E-state index in [2.05, 4.69) is 5.32 Å². The Balaban J connectivity index is 1.46. The lowest BCUT2D eigenvalue weighted by molar-refractivity contribution is -0.116. The first-order valence-corrected chi connectivity index (χ1v) is 11.9. The Labute approximate surface area is 190 Å². The normalized spacial score (nSPS) is 12.8. The van der Waals surface area contributed by atoms with Crippen molar-refractivity contribution in [1.29, 1.82) is 0 Å². The Morgan fingerprint density at radius 2 is 1.44 bits per heavy atom. The molecule has 0 atom stereocenters. The van der Waals surface area contributed by atoms with Crippen LogP contribution in [0.15, 0.2) is 71.6 Å². The molecule has 1 aliphatic carbocycles. The molecule has 3 aromatic rings. The molecule has 32 heavy (non-hydrogen) atoms. The maximum atomic E-state index is 13.0. The predicted octanol–water partition coefficient (Wildman–Crippen LogP) is 4.31. The van der Waals surface area contributed by atoms with Crippen molar-refractivity contribution >= 4 is 44.6 Å². The highest BCUT2D eigenvalue weighted by molar-refractivity contribution is 7.91. The molecule has 0 fully saturated rings. The molecule has 0 saturated carbocycles. The van der Waals surface area contributed by atoms with Crippen LogP contribution in [-0.2, 0) is 14.6 Å². The van der Waals surface area contributed by atoms with Crippen LogP contribution in [-0.4, -0.2) is 31.6 Å². The number of fused-ring (bicyclic) bond motifs is 2. The van der Waals surface area contributed by atoms with Gasteiger partial charge in [-0.05, 0) is 36.8 Å². The van der Waals surface area contributed by atoms with Gasteiger partial charge in [-0.25, -0.2) is 8.42 Å². The fourth-order valence-corrected chi connectivity index (χ4v) is 5.08. The Morgan fingerprint density at radius 1 is 0.812 bits per heavy atom. The van der Waals surface area contributed by atoms with Crippen molar-refractivity contribution in [3.05, 3.63) is 94.0 Å². The van der Waals surface area contributed by atoms with Gasteiger partial charge in [-0.15, -0.1) is 0 Å². The predicted molar refractivity (Wildman–Crippen MR) is 121 cm³/mol. The maximum absolute atomic E-state index is 13.0. The zero-order valence-corrected chi connectivity index (χ0v) is 18.4. The Morgan fingerprint density at radius 3 is 2.12 bits per heavy atom. The molecule has 0 saturated heterocycles. The zero-order valence-electron chi connectivity index (χ0n) is 16.8. The van der Waals surface area contributed by atoms with Crippen molar-refractivity contribution < 1.29 is 22.8 Å². The molecule has 0 aromatic heterocycles. The molecule has 1 N–H and O–H groups in total. The second-order valence-corrected chi connectivity index (χ2v) is 9.90. The van der Waals surface area contributed by atoms with Crippen LogP contribution in [0.3, 0.4) is 0 Å². The topological polar surface area (TPSA) is 97.4 Å². The van der Waals surface area contributed by atoms with Gasteiger partial charge in [0.2, 0.25) is 5.91 Å². The first-order chi connectivity index (χ1) is 15.3. The third-order valence-electron chi connectivity index (χ3n) is 5.22. The van der Waals surface area contributed by atoms with E-state index in [1.54, 1.807) is 42.5 Å². The van der Waals surface area contributed by atoms with E-state index >= 15 is 0 Å². The van der Waals surface area contributed by atoms with E-state index in [1.165, 1.54) is 24.3 Å². The van der Waals surface area contributed by atoms with Crippen molar-refractivity contribution in [2.75, 3.05) is 11.1 Å². The van der Waals surface area contributed by atoms with Crippen LogP contribution in [0, 0.1) is 0 Å². The van der Waals surface area contributed by atoms with Crippen molar-refractivity contribution in [1.82, 2.24) is 0 Å². The Hall–Kier alpha value is -3.29. The summed E-state index contributed by atoms with van der Waals surface area (Å²) in [5, 5.41) is 3.10. The number of carbonyl (C=O) groups excluding carboxylic acids is 3. The van der Waals surface area contributed by atoms with Gasteiger partial charge >= 0.3 is 0 Å². The lowest BCUT2D eigenvalue weighted by Crippen LogP contribution is -2.24. The van der Waals surface area contributed by atoms with E-state index in [4.69, 9.17) is 11.6 Å². The summed E-state index contributed by atoms with van der Waals surface area (Å²) in [6, 6.07) is 17.1. The highest BCUT2D eigenvalue weighted by Gasteiger charge is 2.31. The molecule has 1 amide bonds. The maximum Gasteiger partial charge on any atom is 0.224 e. The Kier molecular flexibility index (Phi) is 5.95. The number of rotatable bonds is 6. The van der Waals surface area contributed by atoms with Gasteiger partial charge in [0.25, 0.3) is 0 Å². The van der Waals surface area contributed by atoms with Crippen LogP contribution >= 0.6 is 11.6 Å². The second-order valence-electron chi connectivity index (χ2n) is 7.36. The first-order valence-electron chi connectivity index (χ1n) is 9.87. The van der Waals surface area contributed by atoms with Gasteiger partial charge in [-0.1, -0.05) is 48.0 Å². The Bertz CT molecular complexity index is 1350. The lowest BCUT2D eigenvalue weighted by atomic mass is 9.83. The molecular formula is C24H18ClNO5S. The number of benzene rings is 3. The van der Waals surface area contributed by atoms with Gasteiger partial charge in [0.05, 0.1) is 21.9 Å². The fraction of sp³-hybridized carbons (Fsp3) is 0.125. The molecular weight excluding hydrogens is 450 g/mol. The van der Waals surface area contributed by atoms with Crippen LogP contribution < -0.4 is 5.32 Å². The minimum Gasteiger partial charge on any atom is -0.325 e. The van der Waals surface area contributed by atoms with E-state index in [-0.39, 0.29) is 51.9 Å². The second kappa shape index (κ2) is 8.68. The zero-order chi connectivity index (χ0) is 22.9. The number of nitrogens with one attached hydrogen (secondary N) is 1. The number of amides is 1. The molecule has 0 unspecified atom stereocenters. The van der Waals surface area contributed by atoms with Crippen LogP contribution in [0.1, 0.15) is 44.7 Å². The largest absolute Gasteiger partial charge is 0.325 e. The monoisotopic (exact) mass is 467 g/mol. The molecule has 0 aliphatic heterocycles. The smallest absolute Gasteiger partial charge is 0.224 e. The SMILES string of the molecule is O=C(CCCS(=O)(=O)c1ccc(Cl)cc1)Nc1cccc2c1C(=O)c1ccccc1C2=O. The van der Waals surface area contributed by atoms with E-state index in [0.29, 0.717) is 16.1 Å². The molecule has 3 aromatic carbocycles. The molecule has 8 heteroatoms. The standard InChI is InChI=1S/C24H18ClNO5S/c25-15-10-12-16(13-11-15)32(30,31)14-4-9-21(27)26-20-8-3-7-19-22(20)24(29)18-6-2-1-5-17(18)23(19)28/h1-3,5-8,10-13H,4,9,14H2,(H,26,27). The number of sulfone groups is 1. The number of hydrogen-bond acceptors (Lipinski definition) is 5.